The van der Waals surface area contributed by atoms with Gasteiger partial charge in [0.15, 0.2) is 5.76 Å². The van der Waals surface area contributed by atoms with Gasteiger partial charge in [0.2, 0.25) is 0 Å². The molecule has 0 aliphatic heterocycles. The number of carbonyl (C=O) groups excluding carboxylic acids is 1. The van der Waals surface area contributed by atoms with Crippen LogP contribution in [0.1, 0.15) is 32.4 Å². The lowest BCUT2D eigenvalue weighted by atomic mass is 9.92. The zero-order valence-corrected chi connectivity index (χ0v) is 16.0. The summed E-state index contributed by atoms with van der Waals surface area (Å²) in [5.41, 5.74) is 2.46. The number of benzene rings is 2. The van der Waals surface area contributed by atoms with Crippen molar-refractivity contribution in [3.05, 3.63) is 60.4 Å². The second-order valence-electron chi connectivity index (χ2n) is 7.72. The number of phenols is 1. The quantitative estimate of drug-likeness (QED) is 0.616. The predicted octanol–water partition coefficient (Wildman–Crippen LogP) is 4.95. The Labute approximate surface area is 163 Å². The van der Waals surface area contributed by atoms with Crippen LogP contribution in [0, 0.1) is 5.92 Å². The van der Waals surface area contributed by atoms with Crippen LogP contribution in [0.4, 0.5) is 0 Å². The summed E-state index contributed by atoms with van der Waals surface area (Å²) in [6.07, 6.45) is 1.38. The highest BCUT2D eigenvalue weighted by Gasteiger charge is 2.57. The molecular formula is C23H23NO4. The van der Waals surface area contributed by atoms with Gasteiger partial charge < -0.3 is 14.4 Å². The molecule has 1 heterocycles. The van der Waals surface area contributed by atoms with Crippen LogP contribution in [0.3, 0.4) is 0 Å². The molecule has 1 aliphatic carbocycles. The topological polar surface area (TPSA) is 72.6 Å². The van der Waals surface area contributed by atoms with E-state index in [9.17, 15) is 9.90 Å². The Morgan fingerprint density at radius 2 is 1.79 bits per heavy atom. The molecule has 0 bridgehead atoms. The van der Waals surface area contributed by atoms with Gasteiger partial charge in [-0.3, -0.25) is 4.79 Å². The third-order valence-corrected chi connectivity index (χ3v) is 5.02. The second-order valence-corrected chi connectivity index (χ2v) is 7.72. The number of carbonyl (C=O) groups is 1. The van der Waals surface area contributed by atoms with Crippen LogP contribution < -0.4 is 0 Å². The maximum absolute atomic E-state index is 12.9. The van der Waals surface area contributed by atoms with E-state index in [0.29, 0.717) is 30.9 Å². The highest BCUT2D eigenvalue weighted by molar-refractivity contribution is 5.92. The molecule has 144 valence electrons. The van der Waals surface area contributed by atoms with E-state index in [-0.39, 0.29) is 17.6 Å². The molecule has 0 radical (unpaired) electrons. The lowest BCUT2D eigenvalue weighted by Gasteiger charge is -2.15. The maximum atomic E-state index is 12.9. The van der Waals surface area contributed by atoms with Crippen LogP contribution in [-0.4, -0.2) is 22.8 Å². The minimum absolute atomic E-state index is 0.185. The van der Waals surface area contributed by atoms with Crippen LogP contribution in [-0.2, 0) is 14.9 Å². The van der Waals surface area contributed by atoms with E-state index < -0.39 is 5.41 Å². The van der Waals surface area contributed by atoms with Gasteiger partial charge in [0.1, 0.15) is 16.9 Å². The van der Waals surface area contributed by atoms with Crippen LogP contribution in [0.2, 0.25) is 0 Å². The van der Waals surface area contributed by atoms with Crippen molar-refractivity contribution in [1.29, 1.82) is 0 Å². The average molecular weight is 377 g/mol. The lowest BCUT2D eigenvalue weighted by Crippen LogP contribution is -2.25. The Morgan fingerprint density at radius 1 is 1.11 bits per heavy atom. The van der Waals surface area contributed by atoms with Gasteiger partial charge >= 0.3 is 5.97 Å². The molecule has 0 unspecified atom stereocenters. The second kappa shape index (κ2) is 7.15. The fourth-order valence-electron chi connectivity index (χ4n) is 3.34. The average Bonchev–Trinajstić information content (AvgIpc) is 3.39. The molecule has 0 atom stereocenters. The fourth-order valence-corrected chi connectivity index (χ4v) is 3.34. The Kier molecular flexibility index (Phi) is 4.67. The summed E-state index contributed by atoms with van der Waals surface area (Å²) in [7, 11) is 0. The summed E-state index contributed by atoms with van der Waals surface area (Å²) < 4.78 is 11.3. The Bertz CT molecular complexity index is 970. The molecule has 3 aromatic rings. The molecule has 1 saturated carbocycles. The SMILES string of the molecule is CC(C)COC(=O)C1(c2onc(-c3ccc(O)cc3)c2-c2ccccc2)CC1. The summed E-state index contributed by atoms with van der Waals surface area (Å²) in [5, 5.41) is 13.9. The normalized spacial score (nSPS) is 14.8. The largest absolute Gasteiger partial charge is 0.508 e. The Morgan fingerprint density at radius 3 is 2.39 bits per heavy atom. The highest BCUT2D eigenvalue weighted by atomic mass is 16.5. The predicted molar refractivity (Wildman–Crippen MR) is 106 cm³/mol. The lowest BCUT2D eigenvalue weighted by molar-refractivity contribution is -0.148. The van der Waals surface area contributed by atoms with Gasteiger partial charge in [-0.05, 0) is 48.6 Å². The molecular weight excluding hydrogens is 354 g/mol. The monoisotopic (exact) mass is 377 g/mol. The first kappa shape index (κ1) is 18.3. The van der Waals surface area contributed by atoms with Crippen LogP contribution in [0.5, 0.6) is 5.75 Å². The van der Waals surface area contributed by atoms with Gasteiger partial charge in [0, 0.05) is 5.56 Å². The van der Waals surface area contributed by atoms with E-state index in [1.54, 1.807) is 24.3 Å². The van der Waals surface area contributed by atoms with Crippen LogP contribution in [0.15, 0.2) is 59.1 Å². The van der Waals surface area contributed by atoms with Crippen molar-refractivity contribution >= 4 is 5.97 Å². The number of esters is 1. The molecule has 0 amide bonds. The Hall–Kier alpha value is -3.08. The fraction of sp³-hybridized carbons (Fsp3) is 0.304. The number of phenolic OH excluding ortho intramolecular Hbond substituents is 1. The van der Waals surface area contributed by atoms with Crippen molar-refractivity contribution in [3.63, 3.8) is 0 Å². The first-order valence-corrected chi connectivity index (χ1v) is 9.53. The molecule has 1 fully saturated rings. The van der Waals surface area contributed by atoms with Crippen molar-refractivity contribution in [2.45, 2.75) is 32.1 Å². The number of aromatic hydroxyl groups is 1. The first-order chi connectivity index (χ1) is 13.5. The van der Waals surface area contributed by atoms with E-state index in [0.717, 1.165) is 16.7 Å². The van der Waals surface area contributed by atoms with Gasteiger partial charge in [-0.15, -0.1) is 0 Å². The molecule has 1 aliphatic rings. The molecule has 28 heavy (non-hydrogen) atoms. The minimum atomic E-state index is -0.762. The van der Waals surface area contributed by atoms with Gasteiger partial charge in [-0.1, -0.05) is 49.3 Å². The van der Waals surface area contributed by atoms with Crippen molar-refractivity contribution in [1.82, 2.24) is 5.16 Å². The van der Waals surface area contributed by atoms with Gasteiger partial charge in [-0.25, -0.2) is 0 Å². The van der Waals surface area contributed by atoms with Crippen LogP contribution in [0.25, 0.3) is 22.4 Å². The van der Waals surface area contributed by atoms with Crippen molar-refractivity contribution in [2.24, 2.45) is 5.92 Å². The van der Waals surface area contributed by atoms with E-state index >= 15 is 0 Å². The molecule has 0 saturated heterocycles. The van der Waals surface area contributed by atoms with Crippen molar-refractivity contribution in [3.8, 4) is 28.1 Å². The smallest absolute Gasteiger partial charge is 0.319 e. The molecule has 0 spiro atoms. The zero-order valence-electron chi connectivity index (χ0n) is 16.0. The molecule has 2 aromatic carbocycles. The third kappa shape index (κ3) is 3.28. The minimum Gasteiger partial charge on any atom is -0.508 e. The van der Waals surface area contributed by atoms with Gasteiger partial charge in [0.25, 0.3) is 0 Å². The number of hydrogen-bond acceptors (Lipinski definition) is 5. The van der Waals surface area contributed by atoms with Gasteiger partial charge in [0.05, 0.1) is 12.2 Å². The molecule has 1 N–H and O–H groups in total. The van der Waals surface area contributed by atoms with Crippen molar-refractivity contribution < 1.29 is 19.2 Å². The summed E-state index contributed by atoms with van der Waals surface area (Å²) >= 11 is 0. The number of ether oxygens (including phenoxy) is 1. The number of hydrogen-bond donors (Lipinski definition) is 1. The van der Waals surface area contributed by atoms with E-state index in [2.05, 4.69) is 5.16 Å². The molecule has 4 rings (SSSR count). The highest BCUT2D eigenvalue weighted by Crippen LogP contribution is 2.54. The van der Waals surface area contributed by atoms with E-state index in [1.165, 1.54) is 0 Å². The molecule has 1 aromatic heterocycles. The van der Waals surface area contributed by atoms with Crippen LogP contribution >= 0.6 is 0 Å². The zero-order chi connectivity index (χ0) is 19.7. The Balaban J connectivity index is 1.80. The summed E-state index contributed by atoms with van der Waals surface area (Å²) in [4.78, 5) is 12.9. The number of nitrogens with zero attached hydrogens (tertiary/aromatic N) is 1. The molecule has 5 nitrogen and oxygen atoms in total. The summed E-state index contributed by atoms with van der Waals surface area (Å²) in [6, 6.07) is 16.6. The maximum Gasteiger partial charge on any atom is 0.319 e. The third-order valence-electron chi connectivity index (χ3n) is 5.02. The van der Waals surface area contributed by atoms with E-state index in [4.69, 9.17) is 9.26 Å². The van der Waals surface area contributed by atoms with E-state index in [1.807, 2.05) is 44.2 Å². The summed E-state index contributed by atoms with van der Waals surface area (Å²) in [6.45, 7) is 4.42. The first-order valence-electron chi connectivity index (χ1n) is 9.53. The van der Waals surface area contributed by atoms with Gasteiger partial charge in [-0.2, -0.15) is 0 Å². The number of rotatable bonds is 6. The number of aromatic nitrogens is 1. The van der Waals surface area contributed by atoms with Crippen molar-refractivity contribution in [2.75, 3.05) is 6.61 Å². The standard InChI is InChI=1S/C23H23NO4/c1-15(2)14-27-22(26)23(12-13-23)21-19(16-6-4-3-5-7-16)20(24-28-21)17-8-10-18(25)11-9-17/h3-11,15,25H,12-14H2,1-2H3. The summed E-state index contributed by atoms with van der Waals surface area (Å²) in [5.74, 6) is 0.780. The molecule has 5 heteroatoms.